The van der Waals surface area contributed by atoms with Crippen LogP contribution in [0.25, 0.3) is 23.1 Å². The molecule has 0 aliphatic heterocycles. The fourth-order valence-corrected chi connectivity index (χ4v) is 3.27. The predicted octanol–water partition coefficient (Wildman–Crippen LogP) is 5.02. The summed E-state index contributed by atoms with van der Waals surface area (Å²) >= 11 is 3.43. The lowest BCUT2D eigenvalue weighted by Gasteiger charge is -2.22. The predicted molar refractivity (Wildman–Crippen MR) is 114 cm³/mol. The molecule has 1 aromatic carbocycles. The SMILES string of the molecule is Cc1ccnc(C=Cc2nc3cc(Br)cc(OC(N)=O)c3cc2C(C)(C)C)n1. The fraction of sp³-hybridized carbons (Fsp3) is 0.238. The second kappa shape index (κ2) is 7.67. The Balaban J connectivity index is 2.19. The van der Waals surface area contributed by atoms with Gasteiger partial charge in [0.1, 0.15) is 5.75 Å². The largest absolute Gasteiger partial charge is 0.410 e. The van der Waals surface area contributed by atoms with Crippen LogP contribution in [0.3, 0.4) is 0 Å². The minimum atomic E-state index is -0.864. The number of pyridine rings is 1. The third kappa shape index (κ3) is 4.54. The number of amides is 1. The van der Waals surface area contributed by atoms with Crippen LogP contribution in [0.5, 0.6) is 5.75 Å². The van der Waals surface area contributed by atoms with Gasteiger partial charge in [-0.1, -0.05) is 36.7 Å². The smallest absolute Gasteiger partial charge is 0.409 e. The van der Waals surface area contributed by atoms with Gasteiger partial charge in [0.2, 0.25) is 0 Å². The van der Waals surface area contributed by atoms with Crippen LogP contribution in [0.2, 0.25) is 0 Å². The maximum Gasteiger partial charge on any atom is 0.409 e. The van der Waals surface area contributed by atoms with Crippen molar-refractivity contribution in [3.63, 3.8) is 0 Å². The van der Waals surface area contributed by atoms with Crippen LogP contribution < -0.4 is 10.5 Å². The van der Waals surface area contributed by atoms with Gasteiger partial charge in [-0.25, -0.2) is 19.7 Å². The van der Waals surface area contributed by atoms with Gasteiger partial charge in [0.25, 0.3) is 0 Å². The summed E-state index contributed by atoms with van der Waals surface area (Å²) in [5.41, 5.74) is 8.41. The number of carbonyl (C=O) groups is 1. The third-order valence-electron chi connectivity index (χ3n) is 4.11. The number of rotatable bonds is 3. The standard InChI is InChI=1S/C21H21BrN4O2/c1-12-7-8-24-19(25-12)6-5-16-15(21(2,3)4)11-14-17(26-16)9-13(22)10-18(14)28-20(23)27/h5-11H,1-4H3,(H2,23,27). The van der Waals surface area contributed by atoms with Gasteiger partial charge >= 0.3 is 6.09 Å². The van der Waals surface area contributed by atoms with Crippen LogP contribution >= 0.6 is 15.9 Å². The Hall–Kier alpha value is -2.80. The number of hydrogen-bond donors (Lipinski definition) is 1. The van der Waals surface area contributed by atoms with Crippen molar-refractivity contribution < 1.29 is 9.53 Å². The topological polar surface area (TPSA) is 91.0 Å². The molecular formula is C21H21BrN4O2. The van der Waals surface area contributed by atoms with E-state index in [4.69, 9.17) is 15.5 Å². The minimum Gasteiger partial charge on any atom is -0.410 e. The maximum absolute atomic E-state index is 11.3. The van der Waals surface area contributed by atoms with Crippen molar-refractivity contribution in [2.24, 2.45) is 5.73 Å². The van der Waals surface area contributed by atoms with E-state index in [0.717, 1.165) is 26.8 Å². The first kappa shape index (κ1) is 19.9. The summed E-state index contributed by atoms with van der Waals surface area (Å²) in [5, 5.41) is 0.718. The van der Waals surface area contributed by atoms with Crippen LogP contribution in [0.15, 0.2) is 34.9 Å². The summed E-state index contributed by atoms with van der Waals surface area (Å²) in [4.78, 5) is 24.8. The number of fused-ring (bicyclic) bond motifs is 1. The molecule has 7 heteroatoms. The fourth-order valence-electron chi connectivity index (χ4n) is 2.85. The number of ether oxygens (including phenoxy) is 1. The number of nitrogens with two attached hydrogens (primary N) is 1. The number of halogens is 1. The molecule has 6 nitrogen and oxygen atoms in total. The maximum atomic E-state index is 11.3. The lowest BCUT2D eigenvalue weighted by Crippen LogP contribution is -2.17. The molecule has 3 aromatic rings. The highest BCUT2D eigenvalue weighted by Crippen LogP contribution is 2.35. The summed E-state index contributed by atoms with van der Waals surface area (Å²) in [6, 6.07) is 7.42. The molecular weight excluding hydrogens is 420 g/mol. The van der Waals surface area contributed by atoms with E-state index in [0.29, 0.717) is 17.1 Å². The molecule has 0 atom stereocenters. The van der Waals surface area contributed by atoms with Crippen LogP contribution in [-0.2, 0) is 5.41 Å². The number of hydrogen-bond acceptors (Lipinski definition) is 5. The highest BCUT2D eigenvalue weighted by atomic mass is 79.9. The zero-order chi connectivity index (χ0) is 20.5. The van der Waals surface area contributed by atoms with E-state index < -0.39 is 6.09 Å². The molecule has 0 saturated carbocycles. The molecule has 0 saturated heterocycles. The van der Waals surface area contributed by atoms with Crippen LogP contribution in [0, 0.1) is 6.92 Å². The lowest BCUT2D eigenvalue weighted by atomic mass is 9.84. The van der Waals surface area contributed by atoms with Crippen molar-refractivity contribution in [2.75, 3.05) is 0 Å². The lowest BCUT2D eigenvalue weighted by molar-refractivity contribution is 0.211. The van der Waals surface area contributed by atoms with E-state index in [1.54, 1.807) is 12.3 Å². The summed E-state index contributed by atoms with van der Waals surface area (Å²) < 4.78 is 5.93. The average molecular weight is 441 g/mol. The Morgan fingerprint density at radius 1 is 1.18 bits per heavy atom. The molecule has 0 radical (unpaired) electrons. The van der Waals surface area contributed by atoms with Crippen molar-refractivity contribution in [3.8, 4) is 5.75 Å². The molecule has 2 aromatic heterocycles. The Labute approximate surface area is 172 Å². The number of carbonyl (C=O) groups excluding carboxylic acids is 1. The summed E-state index contributed by atoms with van der Waals surface area (Å²) in [6.07, 6.45) is 4.61. The Morgan fingerprint density at radius 3 is 2.57 bits per heavy atom. The van der Waals surface area contributed by atoms with Crippen molar-refractivity contribution in [1.82, 2.24) is 15.0 Å². The first-order valence-electron chi connectivity index (χ1n) is 8.73. The summed E-state index contributed by atoms with van der Waals surface area (Å²) in [7, 11) is 0. The van der Waals surface area contributed by atoms with Gasteiger partial charge < -0.3 is 10.5 Å². The van der Waals surface area contributed by atoms with Crippen LogP contribution in [0.1, 0.15) is 43.5 Å². The van der Waals surface area contributed by atoms with Crippen molar-refractivity contribution in [2.45, 2.75) is 33.1 Å². The highest BCUT2D eigenvalue weighted by Gasteiger charge is 2.21. The molecule has 3 rings (SSSR count). The number of benzene rings is 1. The molecule has 0 unspecified atom stereocenters. The molecule has 28 heavy (non-hydrogen) atoms. The first-order chi connectivity index (χ1) is 13.1. The number of nitrogens with zero attached hydrogens (tertiary/aromatic N) is 3. The van der Waals surface area contributed by atoms with E-state index in [2.05, 4.69) is 46.7 Å². The number of primary amides is 1. The molecule has 144 valence electrons. The normalized spacial score (nSPS) is 11.9. The second-order valence-corrected chi connectivity index (χ2v) is 8.37. The van der Waals surface area contributed by atoms with E-state index in [9.17, 15) is 4.79 Å². The van der Waals surface area contributed by atoms with Crippen molar-refractivity contribution >= 4 is 45.1 Å². The zero-order valence-electron chi connectivity index (χ0n) is 16.2. The molecule has 2 heterocycles. The van der Waals surface area contributed by atoms with Gasteiger partial charge in [-0.3, -0.25) is 0 Å². The quantitative estimate of drug-likeness (QED) is 0.616. The Morgan fingerprint density at radius 2 is 1.93 bits per heavy atom. The van der Waals surface area contributed by atoms with E-state index >= 15 is 0 Å². The van der Waals surface area contributed by atoms with Gasteiger partial charge in [-0.2, -0.15) is 0 Å². The molecule has 0 aliphatic carbocycles. The molecule has 0 fully saturated rings. The highest BCUT2D eigenvalue weighted by molar-refractivity contribution is 9.10. The molecule has 0 aliphatic rings. The number of aryl methyl sites for hydroxylation is 1. The molecule has 0 spiro atoms. The van der Waals surface area contributed by atoms with Crippen molar-refractivity contribution in [1.29, 1.82) is 0 Å². The van der Waals surface area contributed by atoms with Gasteiger partial charge in [-0.15, -0.1) is 0 Å². The van der Waals surface area contributed by atoms with Gasteiger partial charge in [0.15, 0.2) is 5.82 Å². The first-order valence-corrected chi connectivity index (χ1v) is 9.52. The number of aromatic nitrogens is 3. The minimum absolute atomic E-state index is 0.189. The van der Waals surface area contributed by atoms with E-state index in [1.165, 1.54) is 0 Å². The zero-order valence-corrected chi connectivity index (χ0v) is 17.7. The monoisotopic (exact) mass is 440 g/mol. The Kier molecular flexibility index (Phi) is 5.47. The Bertz CT molecular complexity index is 1090. The molecule has 2 N–H and O–H groups in total. The van der Waals surface area contributed by atoms with Crippen molar-refractivity contribution in [3.05, 3.63) is 57.7 Å². The van der Waals surface area contributed by atoms with E-state index in [1.807, 2.05) is 37.3 Å². The molecule has 0 bridgehead atoms. The van der Waals surface area contributed by atoms with Gasteiger partial charge in [0, 0.05) is 21.7 Å². The van der Waals surface area contributed by atoms with Crippen LogP contribution in [0.4, 0.5) is 4.79 Å². The molecule has 1 amide bonds. The van der Waals surface area contributed by atoms with Crippen LogP contribution in [-0.4, -0.2) is 21.0 Å². The summed E-state index contributed by atoms with van der Waals surface area (Å²) in [6.45, 7) is 8.23. The average Bonchev–Trinajstić information content (AvgIpc) is 2.57. The third-order valence-corrected chi connectivity index (χ3v) is 4.57. The summed E-state index contributed by atoms with van der Waals surface area (Å²) in [5.74, 6) is 0.987. The second-order valence-electron chi connectivity index (χ2n) is 7.45. The van der Waals surface area contributed by atoms with E-state index in [-0.39, 0.29) is 5.41 Å². The van der Waals surface area contributed by atoms with Gasteiger partial charge in [0.05, 0.1) is 11.2 Å². The van der Waals surface area contributed by atoms with Gasteiger partial charge in [-0.05, 0) is 54.3 Å².